The number of hydrogen-bond donors (Lipinski definition) is 1. The van der Waals surface area contributed by atoms with Crippen LogP contribution in [0.15, 0.2) is 17.3 Å². The van der Waals surface area contributed by atoms with Crippen LogP contribution in [0.25, 0.3) is 0 Å². The van der Waals surface area contributed by atoms with E-state index < -0.39 is 0 Å². The summed E-state index contributed by atoms with van der Waals surface area (Å²) in [5.74, 6) is 0. The highest BCUT2D eigenvalue weighted by Crippen LogP contribution is 2.01. The van der Waals surface area contributed by atoms with Gasteiger partial charge < -0.3 is 4.74 Å². The fourth-order valence-corrected chi connectivity index (χ4v) is 1.25. The lowest BCUT2D eigenvalue weighted by molar-refractivity contribution is 0.361. The van der Waals surface area contributed by atoms with Gasteiger partial charge in [-0.2, -0.15) is 5.10 Å². The maximum atomic E-state index is 4.65. The smallest absolute Gasteiger partial charge is 0.169 e. The predicted octanol–water partition coefficient (Wildman–Crippen LogP) is 2.19. The highest BCUT2D eigenvalue weighted by atomic mass is 16.5. The highest BCUT2D eigenvalue weighted by Gasteiger charge is 1.92. The number of nitrogens with zero attached hydrogens (tertiary/aromatic N) is 2. The molecule has 1 aliphatic heterocycles. The molecule has 0 aromatic carbocycles. The Bertz CT molecular complexity index is 251. The van der Waals surface area contributed by atoms with Crippen LogP contribution in [0, 0.1) is 0 Å². The molecule has 1 aromatic rings. The van der Waals surface area contributed by atoms with E-state index >= 15 is 0 Å². The van der Waals surface area contributed by atoms with Crippen LogP contribution in [0.4, 0.5) is 0 Å². The topological polar surface area (TPSA) is 50.3 Å². The van der Waals surface area contributed by atoms with Crippen molar-refractivity contribution in [3.63, 3.8) is 0 Å². The molecular weight excluding hydrogens is 190 g/mol. The Morgan fingerprint density at radius 1 is 1.47 bits per heavy atom. The average Bonchev–Trinajstić information content (AvgIpc) is 2.94. The first-order valence-electron chi connectivity index (χ1n) is 5.52. The molecule has 84 valence electrons. The molecule has 0 saturated heterocycles. The number of aryl methyl sites for hydroxylation is 1. The molecule has 0 saturated carbocycles. The van der Waals surface area contributed by atoms with Gasteiger partial charge >= 0.3 is 0 Å². The average molecular weight is 209 g/mol. The second kappa shape index (κ2) is 8.03. The molecule has 1 aliphatic rings. The summed E-state index contributed by atoms with van der Waals surface area (Å²) in [7, 11) is 0. The number of H-pyrrole nitrogens is 1. The third-order valence-electron chi connectivity index (χ3n) is 2.08. The van der Waals surface area contributed by atoms with Crippen LogP contribution in [0.5, 0.6) is 0 Å². The molecule has 1 aromatic heterocycles. The second-order valence-electron chi connectivity index (χ2n) is 3.41. The van der Waals surface area contributed by atoms with Crippen LogP contribution in [-0.4, -0.2) is 29.7 Å². The first-order chi connectivity index (χ1) is 7.43. The van der Waals surface area contributed by atoms with Gasteiger partial charge in [0.25, 0.3) is 0 Å². The molecule has 0 unspecified atom stereocenters. The van der Waals surface area contributed by atoms with Crippen molar-refractivity contribution in [1.29, 1.82) is 0 Å². The van der Waals surface area contributed by atoms with E-state index in [0.717, 1.165) is 19.6 Å². The summed E-state index contributed by atoms with van der Waals surface area (Å²) in [5, 5.41) is 6.87. The van der Waals surface area contributed by atoms with Crippen molar-refractivity contribution in [3.8, 4) is 0 Å². The Labute approximate surface area is 90.8 Å². The zero-order valence-electron chi connectivity index (χ0n) is 9.28. The van der Waals surface area contributed by atoms with E-state index in [1.54, 1.807) is 0 Å². The molecule has 4 nitrogen and oxygen atoms in total. The monoisotopic (exact) mass is 209 g/mol. The quantitative estimate of drug-likeness (QED) is 0.773. The fourth-order valence-electron chi connectivity index (χ4n) is 1.25. The molecular formula is C11H19N3O. The van der Waals surface area contributed by atoms with Gasteiger partial charge in [-0.15, -0.1) is 0 Å². The van der Waals surface area contributed by atoms with Gasteiger partial charge in [0, 0.05) is 6.20 Å². The lowest BCUT2D eigenvalue weighted by atomic mass is 10.2. The number of aliphatic imine (C=N–C) groups is 1. The minimum absolute atomic E-state index is 0.778. The van der Waals surface area contributed by atoms with Crippen LogP contribution in [-0.2, 0) is 11.2 Å². The third-order valence-corrected chi connectivity index (χ3v) is 2.08. The molecule has 0 aliphatic carbocycles. The van der Waals surface area contributed by atoms with Crippen molar-refractivity contribution in [2.75, 3.05) is 13.2 Å². The van der Waals surface area contributed by atoms with Crippen molar-refractivity contribution in [1.82, 2.24) is 10.2 Å². The number of unbranched alkanes of at least 4 members (excludes halogenated alkanes) is 2. The zero-order chi connectivity index (χ0) is 10.8. The van der Waals surface area contributed by atoms with E-state index in [-0.39, 0.29) is 0 Å². The SMILES string of the molecule is C1=NCCO1.CCCCCc1cc[nH]n1. The van der Waals surface area contributed by atoms with Gasteiger partial charge in [0.1, 0.15) is 6.61 Å². The predicted molar refractivity (Wildman–Crippen MR) is 61.1 cm³/mol. The van der Waals surface area contributed by atoms with Crippen LogP contribution in [0.1, 0.15) is 31.9 Å². The number of aromatic amines is 1. The normalized spacial score (nSPS) is 13.1. The summed E-state index contributed by atoms with van der Waals surface area (Å²) in [4.78, 5) is 3.74. The van der Waals surface area contributed by atoms with Gasteiger partial charge in [-0.25, -0.2) is 0 Å². The molecule has 0 bridgehead atoms. The van der Waals surface area contributed by atoms with E-state index in [4.69, 9.17) is 0 Å². The molecule has 0 amide bonds. The summed E-state index contributed by atoms with van der Waals surface area (Å²) in [6.45, 7) is 3.84. The maximum Gasteiger partial charge on any atom is 0.169 e. The number of nitrogens with one attached hydrogen (secondary N) is 1. The Balaban J connectivity index is 0.000000187. The molecule has 4 heteroatoms. The number of hydrogen-bond acceptors (Lipinski definition) is 3. The summed E-state index contributed by atoms with van der Waals surface area (Å²) >= 11 is 0. The van der Waals surface area contributed by atoms with Gasteiger partial charge in [0.15, 0.2) is 6.40 Å². The first kappa shape index (κ1) is 11.8. The lowest BCUT2D eigenvalue weighted by Crippen LogP contribution is -1.84. The van der Waals surface area contributed by atoms with Crippen molar-refractivity contribution in [3.05, 3.63) is 18.0 Å². The van der Waals surface area contributed by atoms with Gasteiger partial charge in [-0.05, 0) is 18.9 Å². The van der Waals surface area contributed by atoms with Gasteiger partial charge in [0.2, 0.25) is 0 Å². The number of aromatic nitrogens is 2. The van der Waals surface area contributed by atoms with Gasteiger partial charge in [0.05, 0.1) is 12.2 Å². The van der Waals surface area contributed by atoms with E-state index in [9.17, 15) is 0 Å². The van der Waals surface area contributed by atoms with Crippen molar-refractivity contribution in [2.24, 2.45) is 4.99 Å². The molecule has 0 atom stereocenters. The first-order valence-corrected chi connectivity index (χ1v) is 5.52. The van der Waals surface area contributed by atoms with Crippen LogP contribution < -0.4 is 0 Å². The number of rotatable bonds is 4. The molecule has 15 heavy (non-hydrogen) atoms. The lowest BCUT2D eigenvalue weighted by Gasteiger charge is -1.92. The van der Waals surface area contributed by atoms with E-state index in [2.05, 4.69) is 26.9 Å². The van der Waals surface area contributed by atoms with Crippen LogP contribution in [0.2, 0.25) is 0 Å². The molecule has 2 heterocycles. The molecule has 0 radical (unpaired) electrons. The summed E-state index contributed by atoms with van der Waals surface area (Å²) in [6, 6.07) is 2.04. The minimum Gasteiger partial charge on any atom is -0.482 e. The van der Waals surface area contributed by atoms with Crippen LogP contribution in [0.3, 0.4) is 0 Å². The zero-order valence-corrected chi connectivity index (χ0v) is 9.28. The van der Waals surface area contributed by atoms with E-state index in [1.165, 1.54) is 31.4 Å². The van der Waals surface area contributed by atoms with Crippen LogP contribution >= 0.6 is 0 Å². The maximum absolute atomic E-state index is 4.65. The highest BCUT2D eigenvalue weighted by molar-refractivity contribution is 5.47. The van der Waals surface area contributed by atoms with Crippen molar-refractivity contribution in [2.45, 2.75) is 32.6 Å². The Kier molecular flexibility index (Phi) is 6.29. The molecule has 0 spiro atoms. The summed E-state index contributed by atoms with van der Waals surface area (Å²) < 4.78 is 4.65. The van der Waals surface area contributed by atoms with Gasteiger partial charge in [-0.1, -0.05) is 19.8 Å². The molecule has 1 N–H and O–H groups in total. The summed E-state index contributed by atoms with van der Waals surface area (Å²) in [5.41, 5.74) is 1.19. The fraction of sp³-hybridized carbons (Fsp3) is 0.636. The Morgan fingerprint density at radius 2 is 2.40 bits per heavy atom. The van der Waals surface area contributed by atoms with Crippen molar-refractivity contribution < 1.29 is 4.74 Å². The molecule has 0 fully saturated rings. The summed E-state index contributed by atoms with van der Waals surface area (Å²) in [6.07, 6.45) is 8.34. The third kappa shape index (κ3) is 5.88. The van der Waals surface area contributed by atoms with Crippen molar-refractivity contribution >= 4 is 6.40 Å². The molecule has 2 rings (SSSR count). The van der Waals surface area contributed by atoms with E-state index in [1.807, 2.05) is 12.3 Å². The largest absolute Gasteiger partial charge is 0.482 e. The van der Waals surface area contributed by atoms with Gasteiger partial charge in [-0.3, -0.25) is 10.1 Å². The number of ether oxygens (including phenoxy) is 1. The van der Waals surface area contributed by atoms with E-state index in [0.29, 0.717) is 0 Å². The second-order valence-corrected chi connectivity index (χ2v) is 3.41. The Hall–Kier alpha value is -1.32. The minimum atomic E-state index is 0.778. The Morgan fingerprint density at radius 3 is 2.87 bits per heavy atom. The standard InChI is InChI=1S/C8H14N2.C3H5NO/c1-2-3-4-5-8-6-7-9-10-8;1-2-5-3-4-1/h6-7H,2-5H2,1H3,(H,9,10);3H,1-2H2.